The lowest BCUT2D eigenvalue weighted by atomic mass is 9.85. The van der Waals surface area contributed by atoms with Crippen LogP contribution in [0.5, 0.6) is 5.75 Å². The topological polar surface area (TPSA) is 184 Å². The third-order valence-electron chi connectivity index (χ3n) is 14.2. The number of imidazole rings is 1. The number of halogens is 2. The summed E-state index contributed by atoms with van der Waals surface area (Å²) in [5, 5.41) is 13.6. The van der Waals surface area contributed by atoms with E-state index in [-0.39, 0.29) is 72.5 Å². The summed E-state index contributed by atoms with van der Waals surface area (Å²) in [7, 11) is 3.17. The number of hydrogen-bond acceptors (Lipinski definition) is 12. The Labute approximate surface area is 378 Å². The minimum Gasteiger partial charge on any atom is -0.495 e. The Balaban J connectivity index is 0.722. The SMILES string of the molecule is COc1ccc2c(c1C#CCO[C@H]1CCN(CC3CCC(n4cc(NC(=O)c5cnn6ccc(N7C[C@H]8C[C@@H]7CO8)nc56)c(C(F)F)n4)CC3)C[C@@H]1C)n(C)c(=O)n2C1CCC(=O)NC1=O. The molecule has 4 aliphatic heterocycles. The molecule has 2 N–H and O–H groups in total. The average Bonchev–Trinajstić information content (AvgIpc) is 4.16. The van der Waals surface area contributed by atoms with Crippen LogP contribution in [0.25, 0.3) is 16.7 Å². The fourth-order valence-electron chi connectivity index (χ4n) is 10.7. The molecule has 1 unspecified atom stereocenters. The van der Waals surface area contributed by atoms with Gasteiger partial charge in [-0.3, -0.25) is 33.5 Å². The summed E-state index contributed by atoms with van der Waals surface area (Å²) < 4.78 is 52.3. The normalized spacial score (nSPS) is 25.7. The van der Waals surface area contributed by atoms with Gasteiger partial charge in [0, 0.05) is 52.0 Å². The van der Waals surface area contributed by atoms with E-state index in [1.165, 1.54) is 33.2 Å². The zero-order chi connectivity index (χ0) is 45.8. The molecule has 20 heteroatoms. The fourth-order valence-corrected chi connectivity index (χ4v) is 10.7. The van der Waals surface area contributed by atoms with Crippen molar-refractivity contribution in [2.24, 2.45) is 18.9 Å². The maximum Gasteiger partial charge on any atom is 0.329 e. The molecule has 3 amide bonds. The predicted molar refractivity (Wildman–Crippen MR) is 237 cm³/mol. The number of imide groups is 1. The second-order valence-electron chi connectivity index (χ2n) is 18.3. The van der Waals surface area contributed by atoms with Crippen LogP contribution in [-0.4, -0.2) is 121 Å². The summed E-state index contributed by atoms with van der Waals surface area (Å²) in [5.74, 6) is 6.81. The quantitative estimate of drug-likeness (QED) is 0.142. The van der Waals surface area contributed by atoms with Crippen molar-refractivity contribution < 1.29 is 37.4 Å². The number of methoxy groups -OCH3 is 1. The third kappa shape index (κ3) is 8.21. The highest BCUT2D eigenvalue weighted by Crippen LogP contribution is 2.37. The number of rotatable bonds is 11. The number of aromatic nitrogens is 7. The average molecular weight is 910 g/mol. The summed E-state index contributed by atoms with van der Waals surface area (Å²) in [4.78, 5) is 60.9. The first-order valence-corrected chi connectivity index (χ1v) is 22.8. The number of aryl methyl sites for hydroxylation is 1. The van der Waals surface area contributed by atoms with E-state index < -0.39 is 30.0 Å². The molecule has 66 heavy (non-hydrogen) atoms. The van der Waals surface area contributed by atoms with Crippen LogP contribution in [0.1, 0.15) is 98.4 Å². The monoisotopic (exact) mass is 909 g/mol. The molecule has 10 rings (SSSR count). The van der Waals surface area contributed by atoms with E-state index in [0.717, 1.165) is 70.5 Å². The lowest BCUT2D eigenvalue weighted by Crippen LogP contribution is -2.45. The molecular weight excluding hydrogens is 857 g/mol. The number of benzene rings is 1. The van der Waals surface area contributed by atoms with Gasteiger partial charge in [-0.1, -0.05) is 18.8 Å². The second kappa shape index (κ2) is 17.9. The van der Waals surface area contributed by atoms with Gasteiger partial charge in [-0.15, -0.1) is 0 Å². The zero-order valence-electron chi connectivity index (χ0n) is 37.1. The van der Waals surface area contributed by atoms with Crippen LogP contribution < -0.4 is 26.0 Å². The van der Waals surface area contributed by atoms with E-state index in [9.17, 15) is 28.0 Å². The lowest BCUT2D eigenvalue weighted by molar-refractivity contribution is -0.135. The van der Waals surface area contributed by atoms with Crippen molar-refractivity contribution in [2.75, 3.05) is 56.7 Å². The Bertz CT molecular complexity index is 2820. The molecule has 1 aromatic carbocycles. The van der Waals surface area contributed by atoms with Crippen molar-refractivity contribution >= 4 is 45.9 Å². The van der Waals surface area contributed by atoms with Crippen molar-refractivity contribution in [3.8, 4) is 17.6 Å². The van der Waals surface area contributed by atoms with Crippen molar-refractivity contribution in [1.29, 1.82) is 0 Å². The van der Waals surface area contributed by atoms with Gasteiger partial charge in [0.15, 0.2) is 11.3 Å². The summed E-state index contributed by atoms with van der Waals surface area (Å²) in [5.41, 5.74) is 1.26. The highest BCUT2D eigenvalue weighted by Gasteiger charge is 2.40. The Kier molecular flexibility index (Phi) is 11.9. The van der Waals surface area contributed by atoms with Gasteiger partial charge in [0.25, 0.3) is 12.3 Å². The van der Waals surface area contributed by atoms with E-state index in [4.69, 9.17) is 19.2 Å². The molecule has 5 atom stereocenters. The number of likely N-dealkylation sites (tertiary alicyclic amines) is 1. The number of nitrogens with one attached hydrogen (secondary N) is 2. The maximum absolute atomic E-state index is 14.3. The summed E-state index contributed by atoms with van der Waals surface area (Å²) in [6.45, 7) is 6.43. The van der Waals surface area contributed by atoms with Gasteiger partial charge in [0.05, 0.1) is 66.5 Å². The number of carbonyl (C=O) groups excluding carboxylic acids is 3. The van der Waals surface area contributed by atoms with Crippen molar-refractivity contribution in [3.63, 3.8) is 0 Å². The van der Waals surface area contributed by atoms with Crippen molar-refractivity contribution in [1.82, 2.24) is 43.7 Å². The van der Waals surface area contributed by atoms with Gasteiger partial charge >= 0.3 is 5.69 Å². The van der Waals surface area contributed by atoms with Crippen LogP contribution >= 0.6 is 0 Å². The van der Waals surface area contributed by atoms with Crippen molar-refractivity contribution in [2.45, 2.75) is 95.0 Å². The zero-order valence-corrected chi connectivity index (χ0v) is 37.1. The standard InChI is InChI=1S/C46H53F2N11O7/c1-26-21-55(16-14-36(26)65-18-4-5-31-37(64-3)12-10-34-41(31)54(2)46(63)59(34)35-11-13-39(60)52-45(35)62)22-27-6-8-28(9-7-27)58-24-33(40(53-58)42(47)48)50-44(61)32-20-49-57-17-15-38(51-43(32)57)56-23-30-19-29(56)25-66-30/h10,12,15,17,20,24,26-30,35-36,42H,6-9,11,13-14,16,18-19,21-23,25H2,1-3H3,(H,50,61)(H,52,60,62)/t26-,27?,28?,29+,30+,35?,36-/m0/s1. The molecule has 348 valence electrons. The highest BCUT2D eigenvalue weighted by atomic mass is 19.3. The molecule has 4 aromatic heterocycles. The van der Waals surface area contributed by atoms with Gasteiger partial charge < -0.3 is 29.3 Å². The van der Waals surface area contributed by atoms with Crippen LogP contribution in [0.3, 0.4) is 0 Å². The maximum atomic E-state index is 14.3. The minimum absolute atomic E-state index is 0.0162. The molecule has 5 aromatic rings. The van der Waals surface area contributed by atoms with E-state index in [0.29, 0.717) is 40.5 Å². The van der Waals surface area contributed by atoms with Crippen LogP contribution in [0.4, 0.5) is 20.3 Å². The van der Waals surface area contributed by atoms with E-state index in [1.807, 2.05) is 6.07 Å². The molecule has 2 bridgehead atoms. The van der Waals surface area contributed by atoms with E-state index in [2.05, 4.69) is 49.4 Å². The van der Waals surface area contributed by atoms with E-state index in [1.54, 1.807) is 30.1 Å². The number of piperidine rings is 2. The first-order valence-electron chi connectivity index (χ1n) is 22.8. The van der Waals surface area contributed by atoms with Crippen LogP contribution in [-0.2, 0) is 26.1 Å². The lowest BCUT2D eigenvalue weighted by Gasteiger charge is -2.39. The third-order valence-corrected chi connectivity index (χ3v) is 14.2. The Hall–Kier alpha value is -6.17. The van der Waals surface area contributed by atoms with Gasteiger partial charge in [-0.2, -0.15) is 10.2 Å². The molecule has 4 saturated heterocycles. The number of anilines is 2. The number of nitrogens with zero attached hydrogens (tertiary/aromatic N) is 9. The summed E-state index contributed by atoms with van der Waals surface area (Å²) in [6.07, 6.45) is 7.60. The second-order valence-corrected chi connectivity index (χ2v) is 18.3. The number of alkyl halides is 2. The predicted octanol–water partition coefficient (Wildman–Crippen LogP) is 4.24. The van der Waals surface area contributed by atoms with Crippen LogP contribution in [0, 0.1) is 23.7 Å². The van der Waals surface area contributed by atoms with E-state index >= 15 is 0 Å². The Morgan fingerprint density at radius 3 is 2.64 bits per heavy atom. The summed E-state index contributed by atoms with van der Waals surface area (Å²) in [6, 6.07) is 4.68. The molecule has 1 saturated carbocycles. The number of morpholine rings is 1. The van der Waals surface area contributed by atoms with Gasteiger partial charge in [-0.25, -0.2) is 23.1 Å². The fraction of sp³-hybridized carbons (Fsp3) is 0.543. The van der Waals surface area contributed by atoms with Gasteiger partial charge in [0.1, 0.15) is 29.8 Å². The molecule has 1 aliphatic carbocycles. The van der Waals surface area contributed by atoms with Crippen molar-refractivity contribution in [3.05, 3.63) is 64.1 Å². The molecule has 0 spiro atoms. The molecule has 5 aliphatic rings. The number of amides is 3. The van der Waals surface area contributed by atoms with Gasteiger partial charge in [-0.05, 0) is 75.0 Å². The Morgan fingerprint density at radius 1 is 1.08 bits per heavy atom. The summed E-state index contributed by atoms with van der Waals surface area (Å²) >= 11 is 0. The number of fused-ring (bicyclic) bond motifs is 4. The largest absolute Gasteiger partial charge is 0.495 e. The Morgan fingerprint density at radius 2 is 1.91 bits per heavy atom. The molecular formula is C46H53F2N11O7. The molecule has 0 radical (unpaired) electrons. The number of hydrogen-bond donors (Lipinski definition) is 2. The smallest absolute Gasteiger partial charge is 0.329 e. The number of carbonyl (C=O) groups is 3. The van der Waals surface area contributed by atoms with Gasteiger partial charge in [0.2, 0.25) is 11.8 Å². The molecule has 8 heterocycles. The highest BCUT2D eigenvalue weighted by molar-refractivity contribution is 6.08. The number of ether oxygens (including phenoxy) is 3. The van der Waals surface area contributed by atoms with Crippen LogP contribution in [0.2, 0.25) is 0 Å². The minimum atomic E-state index is -2.87. The first-order chi connectivity index (χ1) is 31.9. The molecule has 18 nitrogen and oxygen atoms in total. The molecule has 5 fully saturated rings. The van der Waals surface area contributed by atoms with Crippen LogP contribution in [0.15, 0.2) is 41.6 Å². The first kappa shape index (κ1) is 43.7.